The van der Waals surface area contributed by atoms with Crippen LogP contribution in [0.4, 0.5) is 0 Å². The van der Waals surface area contributed by atoms with Gasteiger partial charge in [-0.3, -0.25) is 0 Å². The van der Waals surface area contributed by atoms with E-state index in [9.17, 15) is 0 Å². The van der Waals surface area contributed by atoms with Crippen molar-refractivity contribution in [3.05, 3.63) is 0 Å². The molecule has 0 fully saturated rings. The Morgan fingerprint density at radius 1 is 0.640 bits per heavy atom. The van der Waals surface area contributed by atoms with Crippen molar-refractivity contribution in [1.29, 1.82) is 0 Å². The summed E-state index contributed by atoms with van der Waals surface area (Å²) < 4.78 is 20.1. The van der Waals surface area contributed by atoms with Crippen LogP contribution in [-0.2, 0) is 13.3 Å². The minimum atomic E-state index is -1.79. The highest BCUT2D eigenvalue weighted by Crippen LogP contribution is 2.37. The van der Waals surface area contributed by atoms with E-state index in [0.717, 1.165) is 49.1 Å². The molecule has 0 aromatic heterocycles. The van der Waals surface area contributed by atoms with Crippen LogP contribution in [0.3, 0.4) is 0 Å². The van der Waals surface area contributed by atoms with Crippen LogP contribution in [0.15, 0.2) is 0 Å². The number of hydrogen-bond acceptors (Lipinski definition) is 3. The van der Waals surface area contributed by atoms with Gasteiger partial charge in [0.15, 0.2) is 27.1 Å². The Morgan fingerprint density at radius 2 is 1.04 bits per heavy atom. The third-order valence-electron chi connectivity index (χ3n) is 6.26. The number of unbranched alkanes of at least 4 members (excludes halogenated alkanes) is 3. The minimum absolute atomic E-state index is 0.662. The first-order chi connectivity index (χ1) is 11.9. The van der Waals surface area contributed by atoms with E-state index < -0.39 is 22.6 Å². The maximum atomic E-state index is 6.93. The van der Waals surface area contributed by atoms with Crippen LogP contribution < -0.4 is 0 Å². The van der Waals surface area contributed by atoms with Gasteiger partial charge in [0.05, 0.1) is 0 Å². The van der Waals surface area contributed by atoms with Gasteiger partial charge in [0, 0.05) is 6.42 Å². The normalized spacial score (nSPS) is 13.6. The molecule has 0 saturated carbocycles. The topological polar surface area (TPSA) is 27.7 Å². The second-order valence-corrected chi connectivity index (χ2v) is 17.2. The number of rotatable bonds is 16. The minimum Gasteiger partial charge on any atom is -0.382 e. The first-order valence-electron chi connectivity index (χ1n) is 10.9. The lowest BCUT2D eigenvalue weighted by molar-refractivity contribution is -0.270. The monoisotopic (exact) mass is 406 g/mol. The first kappa shape index (κ1) is 25.5. The van der Waals surface area contributed by atoms with Gasteiger partial charge in [0.2, 0.25) is 0 Å². The van der Waals surface area contributed by atoms with Gasteiger partial charge in [-0.2, -0.15) is 0 Å². The molecule has 0 saturated heterocycles. The zero-order valence-corrected chi connectivity index (χ0v) is 22.5. The molecule has 6 heteroatoms. The highest BCUT2D eigenvalue weighted by Gasteiger charge is 2.46. The highest BCUT2D eigenvalue weighted by atomic mass is 28.4. The summed E-state index contributed by atoms with van der Waals surface area (Å²) >= 11 is 0. The lowest BCUT2D eigenvalue weighted by Gasteiger charge is -2.46. The molecule has 0 radical (unpaired) electrons. The molecule has 152 valence electrons. The van der Waals surface area contributed by atoms with E-state index in [2.05, 4.69) is 48.5 Å². The molecule has 0 aromatic carbocycles. The highest BCUT2D eigenvalue weighted by molar-refractivity contribution is 6.74. The molecular weight excluding hydrogens is 360 g/mol. The van der Waals surface area contributed by atoms with Gasteiger partial charge in [-0.15, -0.1) is 0 Å². The Labute approximate surface area is 163 Å². The molecule has 0 atom stereocenters. The quantitative estimate of drug-likeness (QED) is 0.180. The van der Waals surface area contributed by atoms with Crippen LogP contribution in [0.25, 0.3) is 0 Å². The third kappa shape index (κ3) is 7.58. The van der Waals surface area contributed by atoms with Crippen LogP contribution in [-0.4, -0.2) is 33.1 Å². The van der Waals surface area contributed by atoms with Crippen LogP contribution >= 0.6 is 0 Å². The zero-order chi connectivity index (χ0) is 19.4. The first-order valence-corrected chi connectivity index (χ1v) is 16.7. The fourth-order valence-corrected chi connectivity index (χ4v) is 10.1. The van der Waals surface area contributed by atoms with E-state index in [4.69, 9.17) is 13.3 Å². The summed E-state index contributed by atoms with van der Waals surface area (Å²) in [6.07, 6.45) is 5.83. The summed E-state index contributed by atoms with van der Waals surface area (Å²) in [6, 6.07) is 6.86. The number of hydrogen-bond donors (Lipinski definition) is 0. The van der Waals surface area contributed by atoms with Gasteiger partial charge in [0.25, 0.3) is 5.97 Å². The van der Waals surface area contributed by atoms with Crippen LogP contribution in [0.2, 0.25) is 36.3 Å². The molecule has 0 aliphatic rings. The van der Waals surface area contributed by atoms with Crippen molar-refractivity contribution >= 4 is 27.1 Å². The van der Waals surface area contributed by atoms with E-state index in [1.807, 2.05) is 0 Å². The molecule has 25 heavy (non-hydrogen) atoms. The molecule has 0 heterocycles. The smallest absolute Gasteiger partial charge is 0.253 e. The van der Waals surface area contributed by atoms with Gasteiger partial charge in [-0.1, -0.05) is 67.7 Å². The van der Waals surface area contributed by atoms with Crippen molar-refractivity contribution in [2.24, 2.45) is 0 Å². The fourth-order valence-electron chi connectivity index (χ4n) is 3.67. The van der Waals surface area contributed by atoms with E-state index >= 15 is 0 Å². The van der Waals surface area contributed by atoms with E-state index in [-0.39, 0.29) is 0 Å². The Morgan fingerprint density at radius 3 is 1.32 bits per heavy atom. The molecule has 0 N–H and O–H groups in total. The van der Waals surface area contributed by atoms with Crippen molar-refractivity contribution in [3.8, 4) is 0 Å². The predicted molar refractivity (Wildman–Crippen MR) is 119 cm³/mol. The molecule has 0 aromatic rings. The summed E-state index contributed by atoms with van der Waals surface area (Å²) in [4.78, 5) is 0. The summed E-state index contributed by atoms with van der Waals surface area (Å²) in [5, 5.41) is 0. The van der Waals surface area contributed by atoms with Gasteiger partial charge in [-0.25, -0.2) is 0 Å². The molecule has 3 nitrogen and oxygen atoms in total. The average molecular weight is 407 g/mol. The van der Waals surface area contributed by atoms with Gasteiger partial charge < -0.3 is 13.3 Å². The Hall–Kier alpha value is 0.531. The van der Waals surface area contributed by atoms with E-state index in [1.165, 1.54) is 19.3 Å². The molecule has 0 spiro atoms. The predicted octanol–water partition coefficient (Wildman–Crippen LogP) is 5.95. The van der Waals surface area contributed by atoms with Crippen molar-refractivity contribution < 1.29 is 13.3 Å². The van der Waals surface area contributed by atoms with Crippen LogP contribution in [0, 0.1) is 0 Å². The van der Waals surface area contributed by atoms with Crippen molar-refractivity contribution in [1.82, 2.24) is 0 Å². The molecule has 0 rings (SSSR count). The Balaban J connectivity index is 5.57. The lowest BCUT2D eigenvalue weighted by Crippen LogP contribution is -2.56. The third-order valence-corrected chi connectivity index (χ3v) is 16.1. The average Bonchev–Trinajstić information content (AvgIpc) is 2.67. The van der Waals surface area contributed by atoms with Crippen LogP contribution in [0.1, 0.15) is 80.6 Å². The molecular formula is C19H46O3Si3. The molecule has 0 amide bonds. The second-order valence-electron chi connectivity index (χ2n) is 7.39. The molecule has 0 unspecified atom stereocenters. The summed E-state index contributed by atoms with van der Waals surface area (Å²) in [5.74, 6) is -0.748. The van der Waals surface area contributed by atoms with E-state index in [1.54, 1.807) is 0 Å². The fraction of sp³-hybridized carbons (Fsp3) is 1.00. The van der Waals surface area contributed by atoms with Crippen LogP contribution in [0.5, 0.6) is 0 Å². The van der Waals surface area contributed by atoms with Gasteiger partial charge in [0.1, 0.15) is 0 Å². The largest absolute Gasteiger partial charge is 0.382 e. The maximum absolute atomic E-state index is 6.93. The van der Waals surface area contributed by atoms with Crippen molar-refractivity contribution in [2.45, 2.75) is 123 Å². The van der Waals surface area contributed by atoms with E-state index in [0.29, 0.717) is 10.5 Å². The summed E-state index contributed by atoms with van der Waals surface area (Å²) in [6.45, 7) is 16.0. The summed E-state index contributed by atoms with van der Waals surface area (Å²) in [5.41, 5.74) is 0. The van der Waals surface area contributed by atoms with Gasteiger partial charge in [-0.05, 0) is 42.7 Å². The molecule has 0 aliphatic carbocycles. The van der Waals surface area contributed by atoms with Gasteiger partial charge >= 0.3 is 0 Å². The Kier molecular flexibility index (Phi) is 13.1. The SMILES string of the molecule is CCCCCCC(O[SiH3])(O[Si](CC)(CC)CC)O[Si](CC)(CC)CC. The standard InChI is InChI=1S/C19H46O3Si3/c1-8-15-16-17-18-19(20-23,21-24(9-2,10-3)11-4)22-25(12-5,13-6)14-7/h8-18H2,1-7,23H3. The lowest BCUT2D eigenvalue weighted by atomic mass is 10.1. The second kappa shape index (κ2) is 12.8. The van der Waals surface area contributed by atoms with Crippen molar-refractivity contribution in [2.75, 3.05) is 0 Å². The summed E-state index contributed by atoms with van der Waals surface area (Å²) in [7, 11) is -2.91. The zero-order valence-electron chi connectivity index (χ0n) is 18.5. The molecule has 0 aliphatic heterocycles. The van der Waals surface area contributed by atoms with Crippen molar-refractivity contribution in [3.63, 3.8) is 0 Å². The maximum Gasteiger partial charge on any atom is 0.253 e. The Bertz CT molecular complexity index is 293. The molecule has 0 bridgehead atoms.